The first-order chi connectivity index (χ1) is 16.9. The summed E-state index contributed by atoms with van der Waals surface area (Å²) in [5.74, 6) is 5.80. The molecule has 3 aliphatic rings. The Morgan fingerprint density at radius 2 is 1.97 bits per heavy atom. The van der Waals surface area contributed by atoms with Crippen LogP contribution in [0.2, 0.25) is 0 Å². The molecule has 0 spiro atoms. The van der Waals surface area contributed by atoms with Crippen molar-refractivity contribution in [2.24, 2.45) is 5.92 Å². The van der Waals surface area contributed by atoms with Gasteiger partial charge in [-0.15, -0.1) is 0 Å². The number of hydrogen-bond donors (Lipinski definition) is 2. The zero-order chi connectivity index (χ0) is 24.7. The van der Waals surface area contributed by atoms with E-state index in [1.54, 1.807) is 35.2 Å². The van der Waals surface area contributed by atoms with Gasteiger partial charge in [0.1, 0.15) is 11.8 Å². The second kappa shape index (κ2) is 8.80. The largest absolute Gasteiger partial charge is 0.495 e. The summed E-state index contributed by atoms with van der Waals surface area (Å²) < 4.78 is 5.19. The van der Waals surface area contributed by atoms with E-state index >= 15 is 0 Å². The number of hydrogen-bond acceptors (Lipinski definition) is 6. The van der Waals surface area contributed by atoms with Crippen LogP contribution in [0.3, 0.4) is 0 Å². The number of nitrogen functional groups attached to an aromatic ring is 1. The molecule has 2 saturated heterocycles. The van der Waals surface area contributed by atoms with Crippen LogP contribution in [-0.2, 0) is 16.1 Å². The van der Waals surface area contributed by atoms with E-state index in [9.17, 15) is 19.2 Å². The fraction of sp³-hybridized carbons (Fsp3) is 0.308. The number of nitrogens with two attached hydrogens (primary N) is 1. The Labute approximate surface area is 202 Å². The normalized spacial score (nSPS) is 19.5. The SMILES string of the molecule is COc1cc(C(=O)N2CC(C#Cc3cccc4c3CN(C3CCC(=O)NC3=O)C4=O)C2)ccc1N. The van der Waals surface area contributed by atoms with Gasteiger partial charge in [0.2, 0.25) is 11.8 Å². The number of rotatable bonds is 3. The lowest BCUT2D eigenvalue weighted by molar-refractivity contribution is -0.136. The zero-order valence-electron chi connectivity index (χ0n) is 19.2. The van der Waals surface area contributed by atoms with Crippen molar-refractivity contribution < 1.29 is 23.9 Å². The monoisotopic (exact) mass is 472 g/mol. The standard InChI is InChI=1S/C26H24N4O5/c1-35-22-11-17(7-8-20(22)27)25(33)29-12-15(13-29)5-6-16-3-2-4-18-19(16)14-30(26(18)34)21-9-10-23(31)28-24(21)32/h2-4,7-8,11,15,21H,9-10,12-14,27H2,1H3,(H,28,31,32). The first kappa shape index (κ1) is 22.5. The summed E-state index contributed by atoms with van der Waals surface area (Å²) in [5.41, 5.74) is 8.86. The molecule has 3 aliphatic heterocycles. The molecular formula is C26H24N4O5. The summed E-state index contributed by atoms with van der Waals surface area (Å²) in [6.45, 7) is 1.29. The molecule has 35 heavy (non-hydrogen) atoms. The number of imide groups is 1. The maximum absolute atomic E-state index is 13.0. The van der Waals surface area contributed by atoms with Gasteiger partial charge in [-0.1, -0.05) is 17.9 Å². The Bertz CT molecular complexity index is 1320. The minimum absolute atomic E-state index is 0.0221. The Morgan fingerprint density at radius 3 is 2.71 bits per heavy atom. The summed E-state index contributed by atoms with van der Waals surface area (Å²) in [7, 11) is 1.51. The quantitative estimate of drug-likeness (QED) is 0.393. The Morgan fingerprint density at radius 1 is 1.17 bits per heavy atom. The zero-order valence-corrected chi connectivity index (χ0v) is 19.2. The highest BCUT2D eigenvalue weighted by Gasteiger charge is 2.39. The average Bonchev–Trinajstić information content (AvgIpc) is 3.15. The van der Waals surface area contributed by atoms with E-state index < -0.39 is 11.9 Å². The molecule has 2 aromatic rings. The van der Waals surface area contributed by atoms with Crippen LogP contribution in [0.4, 0.5) is 5.69 Å². The highest BCUT2D eigenvalue weighted by atomic mass is 16.5. The summed E-state index contributed by atoms with van der Waals surface area (Å²) in [6, 6.07) is 9.67. The van der Waals surface area contributed by atoms with Crippen molar-refractivity contribution in [2.45, 2.75) is 25.4 Å². The number of likely N-dealkylation sites (tertiary alicyclic amines) is 1. The van der Waals surface area contributed by atoms with Crippen molar-refractivity contribution in [1.29, 1.82) is 0 Å². The number of piperidine rings is 1. The molecule has 2 aromatic carbocycles. The third-order valence-electron chi connectivity index (χ3n) is 6.64. The lowest BCUT2D eigenvalue weighted by atomic mass is 9.97. The fourth-order valence-corrected chi connectivity index (χ4v) is 4.65. The molecule has 3 heterocycles. The minimum Gasteiger partial charge on any atom is -0.495 e. The second-order valence-electron chi connectivity index (χ2n) is 8.86. The van der Waals surface area contributed by atoms with E-state index in [0.29, 0.717) is 42.1 Å². The van der Waals surface area contributed by atoms with Gasteiger partial charge in [0.25, 0.3) is 11.8 Å². The molecule has 178 valence electrons. The molecule has 9 nitrogen and oxygen atoms in total. The number of amides is 4. The van der Waals surface area contributed by atoms with Crippen molar-refractivity contribution in [3.63, 3.8) is 0 Å². The number of nitrogens with zero attached hydrogens (tertiary/aromatic N) is 2. The maximum Gasteiger partial charge on any atom is 0.255 e. The van der Waals surface area contributed by atoms with Gasteiger partial charge in [-0.05, 0) is 42.3 Å². The molecule has 0 bridgehead atoms. The third-order valence-corrected chi connectivity index (χ3v) is 6.64. The number of ether oxygens (including phenoxy) is 1. The predicted molar refractivity (Wildman–Crippen MR) is 126 cm³/mol. The Hall–Kier alpha value is -4.32. The number of carbonyl (C=O) groups excluding carboxylic acids is 4. The van der Waals surface area contributed by atoms with E-state index in [0.717, 1.165) is 11.1 Å². The van der Waals surface area contributed by atoms with Crippen LogP contribution < -0.4 is 15.8 Å². The molecule has 0 aliphatic carbocycles. The van der Waals surface area contributed by atoms with Crippen LogP contribution in [0.5, 0.6) is 5.75 Å². The first-order valence-corrected chi connectivity index (χ1v) is 11.4. The van der Waals surface area contributed by atoms with E-state index in [-0.39, 0.29) is 36.6 Å². The molecule has 3 N–H and O–H groups in total. The second-order valence-corrected chi connectivity index (χ2v) is 8.86. The number of nitrogens with one attached hydrogen (secondary N) is 1. The van der Waals surface area contributed by atoms with Gasteiger partial charge in [0.15, 0.2) is 0 Å². The van der Waals surface area contributed by atoms with Crippen LogP contribution in [0.15, 0.2) is 36.4 Å². The molecule has 4 amide bonds. The number of methoxy groups -OCH3 is 1. The predicted octanol–water partition coefficient (Wildman–Crippen LogP) is 1.16. The molecule has 0 saturated carbocycles. The molecule has 1 unspecified atom stereocenters. The van der Waals surface area contributed by atoms with Gasteiger partial charge in [-0.25, -0.2) is 0 Å². The van der Waals surface area contributed by atoms with E-state index in [2.05, 4.69) is 17.2 Å². The van der Waals surface area contributed by atoms with Crippen molar-refractivity contribution in [3.8, 4) is 17.6 Å². The first-order valence-electron chi connectivity index (χ1n) is 11.4. The number of carbonyl (C=O) groups is 4. The molecule has 0 aromatic heterocycles. The molecule has 2 fully saturated rings. The van der Waals surface area contributed by atoms with Crippen LogP contribution in [-0.4, -0.2) is 59.7 Å². The topological polar surface area (TPSA) is 122 Å². The van der Waals surface area contributed by atoms with Crippen molar-refractivity contribution in [1.82, 2.24) is 15.1 Å². The summed E-state index contributed by atoms with van der Waals surface area (Å²) in [5, 5.41) is 2.31. The lowest BCUT2D eigenvalue weighted by Gasteiger charge is -2.36. The van der Waals surface area contributed by atoms with Gasteiger partial charge >= 0.3 is 0 Å². The molecule has 1 atom stereocenters. The van der Waals surface area contributed by atoms with Crippen LogP contribution in [0.1, 0.15) is 44.7 Å². The Balaban J connectivity index is 1.26. The highest BCUT2D eigenvalue weighted by Crippen LogP contribution is 2.30. The van der Waals surface area contributed by atoms with Gasteiger partial charge in [-0.2, -0.15) is 0 Å². The van der Waals surface area contributed by atoms with Gasteiger partial charge in [0, 0.05) is 42.7 Å². The van der Waals surface area contributed by atoms with Crippen molar-refractivity contribution >= 4 is 29.3 Å². The summed E-state index contributed by atoms with van der Waals surface area (Å²) in [4.78, 5) is 52.7. The number of anilines is 1. The lowest BCUT2D eigenvalue weighted by Crippen LogP contribution is -2.52. The molecule has 5 rings (SSSR count). The van der Waals surface area contributed by atoms with Gasteiger partial charge in [-0.3, -0.25) is 24.5 Å². The minimum atomic E-state index is -0.661. The number of fused-ring (bicyclic) bond motifs is 1. The van der Waals surface area contributed by atoms with E-state index in [4.69, 9.17) is 10.5 Å². The van der Waals surface area contributed by atoms with E-state index in [1.165, 1.54) is 12.0 Å². The smallest absolute Gasteiger partial charge is 0.255 e. The van der Waals surface area contributed by atoms with Gasteiger partial charge in [0.05, 0.1) is 18.7 Å². The molecule has 0 radical (unpaired) electrons. The Kier molecular flexibility index (Phi) is 5.65. The molecule has 9 heteroatoms. The maximum atomic E-state index is 13.0. The van der Waals surface area contributed by atoms with Crippen LogP contribution >= 0.6 is 0 Å². The number of benzene rings is 2. The van der Waals surface area contributed by atoms with Crippen molar-refractivity contribution in [3.05, 3.63) is 58.7 Å². The summed E-state index contributed by atoms with van der Waals surface area (Å²) in [6.07, 6.45) is 0.528. The van der Waals surface area contributed by atoms with Crippen molar-refractivity contribution in [2.75, 3.05) is 25.9 Å². The molecular weight excluding hydrogens is 448 g/mol. The van der Waals surface area contributed by atoms with Crippen LogP contribution in [0, 0.1) is 17.8 Å². The van der Waals surface area contributed by atoms with Crippen LogP contribution in [0.25, 0.3) is 0 Å². The highest BCUT2D eigenvalue weighted by molar-refractivity contribution is 6.05. The summed E-state index contributed by atoms with van der Waals surface area (Å²) >= 11 is 0. The fourth-order valence-electron chi connectivity index (χ4n) is 4.65. The average molecular weight is 473 g/mol. The third kappa shape index (κ3) is 4.08. The van der Waals surface area contributed by atoms with Gasteiger partial charge < -0.3 is 20.3 Å². The van der Waals surface area contributed by atoms with E-state index in [1.807, 2.05) is 6.07 Å².